The van der Waals surface area contributed by atoms with Crippen molar-refractivity contribution < 1.29 is 19.1 Å². The van der Waals surface area contributed by atoms with Gasteiger partial charge in [0.25, 0.3) is 0 Å². The number of unbranched alkanes of at least 4 members (excludes halogenated alkanes) is 13. The van der Waals surface area contributed by atoms with Crippen LogP contribution in [0.25, 0.3) is 0 Å². The molecule has 0 spiro atoms. The SMILES string of the molecule is CCCCCCCCCCCCCCCCOc1ccc(C(=O)CC(=O)OC)cc1. The summed E-state index contributed by atoms with van der Waals surface area (Å²) in [6.07, 6.45) is 18.6. The molecule has 1 rings (SSSR count). The second-order valence-corrected chi connectivity index (χ2v) is 8.15. The van der Waals surface area contributed by atoms with E-state index < -0.39 is 5.97 Å². The molecule has 0 aliphatic rings. The number of hydrogen-bond donors (Lipinski definition) is 0. The molecule has 0 bridgehead atoms. The molecule has 0 saturated carbocycles. The molecule has 0 aromatic heterocycles. The summed E-state index contributed by atoms with van der Waals surface area (Å²) in [7, 11) is 1.28. The summed E-state index contributed by atoms with van der Waals surface area (Å²) < 4.78 is 10.3. The molecule has 0 unspecified atom stereocenters. The van der Waals surface area contributed by atoms with Gasteiger partial charge < -0.3 is 9.47 Å². The highest BCUT2D eigenvalue weighted by molar-refractivity contribution is 6.05. The highest BCUT2D eigenvalue weighted by atomic mass is 16.5. The highest BCUT2D eigenvalue weighted by Crippen LogP contribution is 2.16. The fraction of sp³-hybridized carbons (Fsp3) is 0.692. The van der Waals surface area contributed by atoms with Crippen molar-refractivity contribution in [3.8, 4) is 5.75 Å². The van der Waals surface area contributed by atoms with Gasteiger partial charge in [-0.1, -0.05) is 90.4 Å². The normalized spacial score (nSPS) is 10.7. The zero-order valence-corrected chi connectivity index (χ0v) is 19.3. The molecule has 170 valence electrons. The van der Waals surface area contributed by atoms with Crippen LogP contribution < -0.4 is 4.74 Å². The van der Waals surface area contributed by atoms with Crippen molar-refractivity contribution in [1.29, 1.82) is 0 Å². The minimum absolute atomic E-state index is 0.226. The average Bonchev–Trinajstić information content (AvgIpc) is 2.76. The second kappa shape index (κ2) is 18.0. The van der Waals surface area contributed by atoms with Crippen molar-refractivity contribution >= 4 is 11.8 Å². The number of carbonyl (C=O) groups is 2. The zero-order chi connectivity index (χ0) is 21.9. The summed E-state index contributed by atoms with van der Waals surface area (Å²) >= 11 is 0. The summed E-state index contributed by atoms with van der Waals surface area (Å²) in [5.74, 6) is 0.0119. The van der Waals surface area contributed by atoms with Crippen LogP contribution in [-0.4, -0.2) is 25.5 Å². The van der Waals surface area contributed by atoms with Crippen molar-refractivity contribution in [3.63, 3.8) is 0 Å². The minimum Gasteiger partial charge on any atom is -0.494 e. The van der Waals surface area contributed by atoms with E-state index in [-0.39, 0.29) is 12.2 Å². The first kappa shape index (κ1) is 26.2. The predicted molar refractivity (Wildman–Crippen MR) is 123 cm³/mol. The Bertz CT molecular complexity index is 565. The Balaban J connectivity index is 1.94. The van der Waals surface area contributed by atoms with Gasteiger partial charge in [-0.05, 0) is 30.7 Å². The lowest BCUT2D eigenvalue weighted by Crippen LogP contribution is -2.09. The molecule has 4 heteroatoms. The molecule has 0 atom stereocenters. The second-order valence-electron chi connectivity index (χ2n) is 8.15. The summed E-state index contributed by atoms with van der Waals surface area (Å²) in [6, 6.07) is 6.97. The van der Waals surface area contributed by atoms with E-state index in [2.05, 4.69) is 11.7 Å². The van der Waals surface area contributed by atoms with Crippen LogP contribution in [-0.2, 0) is 9.53 Å². The number of ketones is 1. The van der Waals surface area contributed by atoms with Crippen LogP contribution in [0.5, 0.6) is 5.75 Å². The molecule has 0 radical (unpaired) electrons. The number of rotatable bonds is 19. The molecule has 1 aromatic carbocycles. The third kappa shape index (κ3) is 13.4. The van der Waals surface area contributed by atoms with Crippen LogP contribution in [0.1, 0.15) is 114 Å². The zero-order valence-electron chi connectivity index (χ0n) is 19.3. The largest absolute Gasteiger partial charge is 0.494 e. The quantitative estimate of drug-likeness (QED) is 0.102. The van der Waals surface area contributed by atoms with Crippen LogP contribution in [0.2, 0.25) is 0 Å². The van der Waals surface area contributed by atoms with Gasteiger partial charge in [0.05, 0.1) is 13.7 Å². The van der Waals surface area contributed by atoms with Crippen LogP contribution >= 0.6 is 0 Å². The van der Waals surface area contributed by atoms with Gasteiger partial charge in [-0.2, -0.15) is 0 Å². The number of carbonyl (C=O) groups excluding carboxylic acids is 2. The summed E-state index contributed by atoms with van der Waals surface area (Å²) in [4.78, 5) is 23.1. The molecule has 1 aromatic rings. The Morgan fingerprint density at radius 3 is 1.63 bits per heavy atom. The number of benzene rings is 1. The Labute approximate surface area is 183 Å². The Kier molecular flexibility index (Phi) is 15.7. The van der Waals surface area contributed by atoms with Crippen LogP contribution in [0.3, 0.4) is 0 Å². The van der Waals surface area contributed by atoms with Gasteiger partial charge in [-0.15, -0.1) is 0 Å². The molecule has 4 nitrogen and oxygen atoms in total. The first-order chi connectivity index (χ1) is 14.7. The lowest BCUT2D eigenvalue weighted by Gasteiger charge is -2.07. The molecule has 0 amide bonds. The molecule has 0 aliphatic carbocycles. The van der Waals surface area contributed by atoms with Gasteiger partial charge in [0.2, 0.25) is 0 Å². The summed E-state index contributed by atoms with van der Waals surface area (Å²) in [6.45, 7) is 2.97. The lowest BCUT2D eigenvalue weighted by atomic mass is 10.0. The van der Waals surface area contributed by atoms with E-state index in [1.165, 1.54) is 90.6 Å². The van der Waals surface area contributed by atoms with E-state index in [0.717, 1.165) is 12.2 Å². The molecular weight excluding hydrogens is 376 g/mol. The minimum atomic E-state index is -0.516. The average molecular weight is 419 g/mol. The molecule has 0 saturated heterocycles. The van der Waals surface area contributed by atoms with E-state index in [4.69, 9.17) is 4.74 Å². The number of methoxy groups -OCH3 is 1. The standard InChI is InChI=1S/C26H42O4/c1-3-4-5-6-7-8-9-10-11-12-13-14-15-16-21-30-24-19-17-23(18-20-24)25(27)22-26(28)29-2/h17-20H,3-16,21-22H2,1-2H3. The van der Waals surface area contributed by atoms with Crippen molar-refractivity contribution in [2.45, 2.75) is 103 Å². The lowest BCUT2D eigenvalue weighted by molar-refractivity contribution is -0.139. The summed E-state index contributed by atoms with van der Waals surface area (Å²) in [5.41, 5.74) is 0.504. The molecule has 0 aliphatic heterocycles. The van der Waals surface area contributed by atoms with Gasteiger partial charge >= 0.3 is 5.97 Å². The smallest absolute Gasteiger partial charge is 0.313 e. The maximum Gasteiger partial charge on any atom is 0.313 e. The van der Waals surface area contributed by atoms with Crippen molar-refractivity contribution in [3.05, 3.63) is 29.8 Å². The van der Waals surface area contributed by atoms with Gasteiger partial charge in [0.15, 0.2) is 5.78 Å². The van der Waals surface area contributed by atoms with Gasteiger partial charge in [0.1, 0.15) is 12.2 Å². The van der Waals surface area contributed by atoms with E-state index in [1.807, 2.05) is 0 Å². The fourth-order valence-corrected chi connectivity index (χ4v) is 3.53. The third-order valence-corrected chi connectivity index (χ3v) is 5.48. The third-order valence-electron chi connectivity index (χ3n) is 5.48. The number of esters is 1. The van der Waals surface area contributed by atoms with Crippen molar-refractivity contribution in [2.75, 3.05) is 13.7 Å². The van der Waals surface area contributed by atoms with E-state index in [0.29, 0.717) is 12.2 Å². The molecular formula is C26H42O4. The molecule has 0 N–H and O–H groups in total. The Morgan fingerprint density at radius 1 is 0.700 bits per heavy atom. The topological polar surface area (TPSA) is 52.6 Å². The maximum absolute atomic E-state index is 11.9. The molecule has 0 fully saturated rings. The van der Waals surface area contributed by atoms with E-state index in [1.54, 1.807) is 24.3 Å². The van der Waals surface area contributed by atoms with E-state index in [9.17, 15) is 9.59 Å². The van der Waals surface area contributed by atoms with Crippen LogP contribution in [0.4, 0.5) is 0 Å². The van der Waals surface area contributed by atoms with Gasteiger partial charge in [-0.3, -0.25) is 9.59 Å². The monoisotopic (exact) mass is 418 g/mol. The highest BCUT2D eigenvalue weighted by Gasteiger charge is 2.11. The number of Topliss-reactive ketones (excluding diaryl/α,β-unsaturated/α-hetero) is 1. The van der Waals surface area contributed by atoms with Gasteiger partial charge in [-0.25, -0.2) is 0 Å². The van der Waals surface area contributed by atoms with Crippen molar-refractivity contribution in [2.24, 2.45) is 0 Å². The Hall–Kier alpha value is -1.84. The summed E-state index contributed by atoms with van der Waals surface area (Å²) in [5, 5.41) is 0. The van der Waals surface area contributed by atoms with Gasteiger partial charge in [0, 0.05) is 5.56 Å². The number of hydrogen-bond acceptors (Lipinski definition) is 4. The first-order valence-corrected chi connectivity index (χ1v) is 12.0. The molecule has 0 heterocycles. The van der Waals surface area contributed by atoms with E-state index >= 15 is 0 Å². The maximum atomic E-state index is 11.9. The van der Waals surface area contributed by atoms with Crippen molar-refractivity contribution in [1.82, 2.24) is 0 Å². The first-order valence-electron chi connectivity index (χ1n) is 12.0. The fourth-order valence-electron chi connectivity index (χ4n) is 3.53. The predicted octanol–water partition coefficient (Wildman–Crippen LogP) is 7.29. The Morgan fingerprint density at radius 2 is 1.17 bits per heavy atom. The molecule has 30 heavy (non-hydrogen) atoms. The van der Waals surface area contributed by atoms with Crippen LogP contribution in [0, 0.1) is 0 Å². The van der Waals surface area contributed by atoms with Crippen LogP contribution in [0.15, 0.2) is 24.3 Å². The number of ether oxygens (including phenoxy) is 2.